The van der Waals surface area contributed by atoms with Crippen molar-refractivity contribution in [3.63, 3.8) is 0 Å². The summed E-state index contributed by atoms with van der Waals surface area (Å²) in [6, 6.07) is 0. The minimum Gasteiger partial charge on any atom is -0.356 e. The van der Waals surface area contributed by atoms with Gasteiger partial charge < -0.3 is 10.2 Å². The van der Waals surface area contributed by atoms with Crippen molar-refractivity contribution in [3.05, 3.63) is 23.8 Å². The zero-order valence-electron chi connectivity index (χ0n) is 8.36. The predicted octanol–water partition coefficient (Wildman–Crippen LogP) is 1.31. The molecule has 3 heteroatoms. The van der Waals surface area contributed by atoms with Crippen molar-refractivity contribution >= 4 is 5.78 Å². The van der Waals surface area contributed by atoms with Gasteiger partial charge >= 0.3 is 0 Å². The van der Waals surface area contributed by atoms with Gasteiger partial charge in [-0.3, -0.25) is 4.79 Å². The number of aliphatic hydroxyl groups is 2. The third-order valence-electron chi connectivity index (χ3n) is 2.39. The first-order chi connectivity index (χ1) is 6.59. The standard InChI is InChI=1S/C11H16O3/c1-2-3-4-6-9-7-5-8-10(12)11(9,13)14/h5,7-8,13-14H,2-4,6H2,1H3. The van der Waals surface area contributed by atoms with E-state index in [4.69, 9.17) is 0 Å². The van der Waals surface area contributed by atoms with Crippen molar-refractivity contribution < 1.29 is 15.0 Å². The first kappa shape index (κ1) is 11.1. The average Bonchev–Trinajstić information content (AvgIpc) is 2.13. The summed E-state index contributed by atoms with van der Waals surface area (Å²) in [6.45, 7) is 2.07. The van der Waals surface area contributed by atoms with Gasteiger partial charge in [-0.25, -0.2) is 0 Å². The van der Waals surface area contributed by atoms with E-state index in [1.165, 1.54) is 6.08 Å². The van der Waals surface area contributed by atoms with Crippen LogP contribution in [0.2, 0.25) is 0 Å². The molecule has 0 fully saturated rings. The molecule has 0 aromatic heterocycles. The lowest BCUT2D eigenvalue weighted by atomic mass is 9.92. The van der Waals surface area contributed by atoms with Gasteiger partial charge in [-0.15, -0.1) is 0 Å². The molecule has 0 bridgehead atoms. The average molecular weight is 196 g/mol. The molecule has 78 valence electrons. The molecule has 1 aliphatic rings. The van der Waals surface area contributed by atoms with Crippen LogP contribution in [0.15, 0.2) is 23.8 Å². The maximum absolute atomic E-state index is 11.1. The lowest BCUT2D eigenvalue weighted by molar-refractivity contribution is -0.164. The number of carbonyl (C=O) groups excluding carboxylic acids is 1. The topological polar surface area (TPSA) is 57.5 Å². The Kier molecular flexibility index (Phi) is 3.61. The van der Waals surface area contributed by atoms with Crippen molar-refractivity contribution in [3.8, 4) is 0 Å². The van der Waals surface area contributed by atoms with Crippen LogP contribution in [0, 0.1) is 0 Å². The molecule has 0 spiro atoms. The molecule has 0 amide bonds. The fraction of sp³-hybridized carbons (Fsp3) is 0.545. The number of allylic oxidation sites excluding steroid dienone is 2. The van der Waals surface area contributed by atoms with Gasteiger partial charge in [0.2, 0.25) is 5.78 Å². The molecule has 0 aromatic carbocycles. The van der Waals surface area contributed by atoms with Gasteiger partial charge in [-0.1, -0.05) is 31.9 Å². The Hall–Kier alpha value is -0.930. The summed E-state index contributed by atoms with van der Waals surface area (Å²) in [5.41, 5.74) is 0.401. The Balaban J connectivity index is 2.62. The monoisotopic (exact) mass is 196 g/mol. The van der Waals surface area contributed by atoms with Crippen LogP contribution in [0.5, 0.6) is 0 Å². The van der Waals surface area contributed by atoms with E-state index in [0.717, 1.165) is 19.3 Å². The van der Waals surface area contributed by atoms with Gasteiger partial charge in [0.1, 0.15) is 0 Å². The summed E-state index contributed by atoms with van der Waals surface area (Å²) < 4.78 is 0. The van der Waals surface area contributed by atoms with Crippen LogP contribution in [-0.4, -0.2) is 21.8 Å². The molecule has 0 saturated heterocycles. The zero-order valence-corrected chi connectivity index (χ0v) is 8.36. The number of ketones is 1. The SMILES string of the molecule is CCCCCC1=CC=CC(=O)C1(O)O. The molecule has 0 aliphatic heterocycles. The molecule has 2 N–H and O–H groups in total. The van der Waals surface area contributed by atoms with E-state index in [1.54, 1.807) is 12.2 Å². The molecule has 1 rings (SSSR count). The van der Waals surface area contributed by atoms with Gasteiger partial charge in [0.05, 0.1) is 0 Å². The number of hydrogen-bond donors (Lipinski definition) is 2. The van der Waals surface area contributed by atoms with E-state index in [9.17, 15) is 15.0 Å². The Morgan fingerprint density at radius 2 is 2.07 bits per heavy atom. The third kappa shape index (κ3) is 2.30. The molecule has 0 heterocycles. The zero-order chi connectivity index (χ0) is 10.6. The largest absolute Gasteiger partial charge is 0.356 e. The van der Waals surface area contributed by atoms with Gasteiger partial charge in [0, 0.05) is 0 Å². The van der Waals surface area contributed by atoms with Crippen molar-refractivity contribution in [2.45, 2.75) is 38.4 Å². The molecule has 0 saturated carbocycles. The van der Waals surface area contributed by atoms with E-state index < -0.39 is 11.6 Å². The minimum absolute atomic E-state index is 0.401. The second kappa shape index (κ2) is 4.53. The van der Waals surface area contributed by atoms with Gasteiger partial charge in [-0.05, 0) is 24.5 Å². The van der Waals surface area contributed by atoms with Gasteiger partial charge in [-0.2, -0.15) is 0 Å². The third-order valence-corrected chi connectivity index (χ3v) is 2.39. The highest BCUT2D eigenvalue weighted by Gasteiger charge is 2.36. The van der Waals surface area contributed by atoms with Crippen LogP contribution in [0.25, 0.3) is 0 Å². The molecule has 0 aromatic rings. The van der Waals surface area contributed by atoms with E-state index in [0.29, 0.717) is 12.0 Å². The smallest absolute Gasteiger partial charge is 0.251 e. The lowest BCUT2D eigenvalue weighted by Gasteiger charge is -2.24. The van der Waals surface area contributed by atoms with Crippen LogP contribution in [-0.2, 0) is 4.79 Å². The summed E-state index contributed by atoms with van der Waals surface area (Å²) in [5, 5.41) is 19.0. The summed E-state index contributed by atoms with van der Waals surface area (Å²) >= 11 is 0. The van der Waals surface area contributed by atoms with E-state index in [1.807, 2.05) is 0 Å². The van der Waals surface area contributed by atoms with Crippen molar-refractivity contribution in [2.75, 3.05) is 0 Å². The lowest BCUT2D eigenvalue weighted by Crippen LogP contribution is -2.40. The van der Waals surface area contributed by atoms with E-state index in [2.05, 4.69) is 6.92 Å². The van der Waals surface area contributed by atoms with Crippen LogP contribution < -0.4 is 0 Å². The summed E-state index contributed by atoms with van der Waals surface area (Å²) in [6.07, 6.45) is 7.91. The number of carbonyl (C=O) groups is 1. The van der Waals surface area contributed by atoms with Crippen LogP contribution in [0.1, 0.15) is 32.6 Å². The van der Waals surface area contributed by atoms with Crippen molar-refractivity contribution in [1.29, 1.82) is 0 Å². The van der Waals surface area contributed by atoms with E-state index in [-0.39, 0.29) is 0 Å². The minimum atomic E-state index is -2.26. The molecular weight excluding hydrogens is 180 g/mol. The van der Waals surface area contributed by atoms with Gasteiger partial charge in [0.25, 0.3) is 5.79 Å². The highest BCUT2D eigenvalue weighted by Crippen LogP contribution is 2.24. The van der Waals surface area contributed by atoms with Crippen molar-refractivity contribution in [2.24, 2.45) is 0 Å². The molecule has 1 aliphatic carbocycles. The highest BCUT2D eigenvalue weighted by molar-refractivity contribution is 5.99. The normalized spacial score (nSPS) is 19.6. The maximum Gasteiger partial charge on any atom is 0.251 e. The fourth-order valence-electron chi connectivity index (χ4n) is 1.47. The molecular formula is C11H16O3. The summed E-state index contributed by atoms with van der Waals surface area (Å²) in [5.74, 6) is -2.91. The Labute approximate surface area is 83.8 Å². The maximum atomic E-state index is 11.1. The fourth-order valence-corrected chi connectivity index (χ4v) is 1.47. The number of rotatable bonds is 4. The highest BCUT2D eigenvalue weighted by atomic mass is 16.5. The Bertz CT molecular complexity index is 274. The van der Waals surface area contributed by atoms with E-state index >= 15 is 0 Å². The quantitative estimate of drug-likeness (QED) is 0.526. The molecule has 3 nitrogen and oxygen atoms in total. The Morgan fingerprint density at radius 3 is 2.71 bits per heavy atom. The first-order valence-electron chi connectivity index (χ1n) is 4.96. The molecule has 14 heavy (non-hydrogen) atoms. The first-order valence-corrected chi connectivity index (χ1v) is 4.96. The summed E-state index contributed by atoms with van der Waals surface area (Å²) in [7, 11) is 0. The van der Waals surface area contributed by atoms with Crippen molar-refractivity contribution in [1.82, 2.24) is 0 Å². The molecule has 0 unspecified atom stereocenters. The van der Waals surface area contributed by atoms with Crippen LogP contribution >= 0.6 is 0 Å². The van der Waals surface area contributed by atoms with Gasteiger partial charge in [0.15, 0.2) is 0 Å². The number of hydrogen-bond acceptors (Lipinski definition) is 3. The number of unbranched alkanes of at least 4 members (excludes halogenated alkanes) is 2. The Morgan fingerprint density at radius 1 is 1.36 bits per heavy atom. The predicted molar refractivity (Wildman–Crippen MR) is 53.5 cm³/mol. The van der Waals surface area contributed by atoms with Crippen LogP contribution in [0.4, 0.5) is 0 Å². The second-order valence-corrected chi connectivity index (χ2v) is 3.54. The molecule has 0 atom stereocenters. The molecule has 0 radical (unpaired) electrons. The second-order valence-electron chi connectivity index (χ2n) is 3.54. The van der Waals surface area contributed by atoms with Crippen LogP contribution in [0.3, 0.4) is 0 Å². The summed E-state index contributed by atoms with van der Waals surface area (Å²) in [4.78, 5) is 11.1.